The van der Waals surface area contributed by atoms with Crippen LogP contribution >= 0.6 is 11.6 Å². The smallest absolute Gasteiger partial charge is 0.321 e. The molecule has 2 aromatic rings. The number of ether oxygens (including phenoxy) is 1. The van der Waals surface area contributed by atoms with E-state index in [1.807, 2.05) is 36.1 Å². The Balaban J connectivity index is 1.47. The number of nitrogens with one attached hydrogen (secondary N) is 1. The van der Waals surface area contributed by atoms with E-state index in [-0.39, 0.29) is 6.03 Å². The van der Waals surface area contributed by atoms with Gasteiger partial charge in [0.2, 0.25) is 0 Å². The number of piperazine rings is 1. The number of benzene rings is 2. The van der Waals surface area contributed by atoms with Gasteiger partial charge in [-0.05, 0) is 42.8 Å². The summed E-state index contributed by atoms with van der Waals surface area (Å²) < 4.78 is 5.47. The van der Waals surface area contributed by atoms with Gasteiger partial charge in [0.25, 0.3) is 0 Å². The SMILES string of the molecule is CCOc1ccc(CN2CCN(C(=O)Nc3cccc(Cl)c3)CC2)cc1. The van der Waals surface area contributed by atoms with Crippen molar-refractivity contribution < 1.29 is 9.53 Å². The van der Waals surface area contributed by atoms with E-state index in [2.05, 4.69) is 22.3 Å². The summed E-state index contributed by atoms with van der Waals surface area (Å²) in [6.07, 6.45) is 0. The molecule has 3 rings (SSSR count). The number of hydrogen-bond acceptors (Lipinski definition) is 3. The van der Waals surface area contributed by atoms with Crippen LogP contribution in [0.15, 0.2) is 48.5 Å². The van der Waals surface area contributed by atoms with Crippen molar-refractivity contribution in [3.63, 3.8) is 0 Å². The van der Waals surface area contributed by atoms with E-state index < -0.39 is 0 Å². The Labute approximate surface area is 159 Å². The second-order valence-electron chi connectivity index (χ2n) is 6.28. The highest BCUT2D eigenvalue weighted by atomic mass is 35.5. The third-order valence-electron chi connectivity index (χ3n) is 4.38. The first-order chi connectivity index (χ1) is 12.6. The monoisotopic (exact) mass is 373 g/mol. The minimum Gasteiger partial charge on any atom is -0.494 e. The van der Waals surface area contributed by atoms with Gasteiger partial charge >= 0.3 is 6.03 Å². The van der Waals surface area contributed by atoms with Crippen LogP contribution < -0.4 is 10.1 Å². The maximum atomic E-state index is 12.4. The van der Waals surface area contributed by atoms with Gasteiger partial charge in [-0.3, -0.25) is 4.90 Å². The molecule has 2 aromatic carbocycles. The van der Waals surface area contributed by atoms with E-state index in [1.165, 1.54) is 5.56 Å². The molecular formula is C20H24ClN3O2. The van der Waals surface area contributed by atoms with Crippen molar-refractivity contribution >= 4 is 23.3 Å². The fourth-order valence-electron chi connectivity index (χ4n) is 2.99. The van der Waals surface area contributed by atoms with Gasteiger partial charge in [-0.15, -0.1) is 0 Å². The van der Waals surface area contributed by atoms with E-state index in [9.17, 15) is 4.79 Å². The molecule has 138 valence electrons. The summed E-state index contributed by atoms with van der Waals surface area (Å²) in [7, 11) is 0. The number of halogens is 1. The maximum Gasteiger partial charge on any atom is 0.321 e. The van der Waals surface area contributed by atoms with Crippen molar-refractivity contribution in [2.75, 3.05) is 38.1 Å². The maximum absolute atomic E-state index is 12.4. The van der Waals surface area contributed by atoms with E-state index in [0.717, 1.165) is 31.1 Å². The van der Waals surface area contributed by atoms with Crippen LogP contribution in [0.25, 0.3) is 0 Å². The first-order valence-electron chi connectivity index (χ1n) is 8.89. The summed E-state index contributed by atoms with van der Waals surface area (Å²) in [6, 6.07) is 15.3. The summed E-state index contributed by atoms with van der Waals surface area (Å²) in [6.45, 7) is 6.68. The van der Waals surface area contributed by atoms with Crippen molar-refractivity contribution in [3.05, 3.63) is 59.1 Å². The summed E-state index contributed by atoms with van der Waals surface area (Å²) in [5, 5.41) is 3.52. The number of urea groups is 1. The van der Waals surface area contributed by atoms with E-state index >= 15 is 0 Å². The van der Waals surface area contributed by atoms with Crippen LogP contribution in [0.3, 0.4) is 0 Å². The average Bonchev–Trinajstić information content (AvgIpc) is 2.64. The number of anilines is 1. The van der Waals surface area contributed by atoms with Crippen LogP contribution in [0.2, 0.25) is 5.02 Å². The predicted octanol–water partition coefficient (Wildman–Crippen LogP) is 4.09. The Bertz CT molecular complexity index is 728. The molecule has 1 N–H and O–H groups in total. The van der Waals surface area contributed by atoms with Crippen LogP contribution in [-0.4, -0.2) is 48.6 Å². The molecule has 26 heavy (non-hydrogen) atoms. The zero-order valence-corrected chi connectivity index (χ0v) is 15.7. The molecule has 1 heterocycles. The molecule has 0 radical (unpaired) electrons. The van der Waals surface area contributed by atoms with Gasteiger partial charge in [-0.25, -0.2) is 4.79 Å². The lowest BCUT2D eigenvalue weighted by Gasteiger charge is -2.34. The molecule has 5 nitrogen and oxygen atoms in total. The highest BCUT2D eigenvalue weighted by Crippen LogP contribution is 2.17. The number of carbonyl (C=O) groups excluding carboxylic acids is 1. The molecule has 0 aliphatic carbocycles. The highest BCUT2D eigenvalue weighted by molar-refractivity contribution is 6.30. The second-order valence-corrected chi connectivity index (χ2v) is 6.72. The lowest BCUT2D eigenvalue weighted by Crippen LogP contribution is -2.49. The zero-order chi connectivity index (χ0) is 18.4. The molecule has 2 amide bonds. The van der Waals surface area contributed by atoms with Crippen molar-refractivity contribution in [2.24, 2.45) is 0 Å². The molecule has 0 aromatic heterocycles. The summed E-state index contributed by atoms with van der Waals surface area (Å²) >= 11 is 5.96. The van der Waals surface area contributed by atoms with E-state index in [0.29, 0.717) is 24.7 Å². The number of nitrogens with zero attached hydrogens (tertiary/aromatic N) is 2. The van der Waals surface area contributed by atoms with Gasteiger partial charge in [0, 0.05) is 43.4 Å². The van der Waals surface area contributed by atoms with Crippen molar-refractivity contribution in [3.8, 4) is 5.75 Å². The first-order valence-corrected chi connectivity index (χ1v) is 9.27. The molecule has 6 heteroatoms. The number of amides is 2. The molecule has 0 saturated carbocycles. The predicted molar refractivity (Wildman–Crippen MR) is 105 cm³/mol. The van der Waals surface area contributed by atoms with Crippen LogP contribution in [-0.2, 0) is 6.54 Å². The number of hydrogen-bond donors (Lipinski definition) is 1. The van der Waals surface area contributed by atoms with Crippen LogP contribution in [0.4, 0.5) is 10.5 Å². The lowest BCUT2D eigenvalue weighted by atomic mass is 10.2. The van der Waals surface area contributed by atoms with Crippen molar-refractivity contribution in [1.29, 1.82) is 0 Å². The minimum absolute atomic E-state index is 0.0759. The Kier molecular flexibility index (Phi) is 6.36. The normalized spacial score (nSPS) is 14.9. The van der Waals surface area contributed by atoms with Gasteiger partial charge in [0.1, 0.15) is 5.75 Å². The van der Waals surface area contributed by atoms with Gasteiger partial charge in [0.05, 0.1) is 6.61 Å². The van der Waals surface area contributed by atoms with Crippen molar-refractivity contribution in [2.45, 2.75) is 13.5 Å². The summed E-state index contributed by atoms with van der Waals surface area (Å²) in [4.78, 5) is 16.6. The quantitative estimate of drug-likeness (QED) is 0.858. The number of carbonyl (C=O) groups is 1. The summed E-state index contributed by atoms with van der Waals surface area (Å²) in [5.74, 6) is 0.902. The summed E-state index contributed by atoms with van der Waals surface area (Å²) in [5.41, 5.74) is 1.98. The fraction of sp³-hybridized carbons (Fsp3) is 0.350. The standard InChI is InChI=1S/C20H24ClN3O2/c1-2-26-19-8-6-16(7-9-19)15-23-10-12-24(13-11-23)20(25)22-18-5-3-4-17(21)14-18/h3-9,14H,2,10-13,15H2,1H3,(H,22,25). The van der Waals surface area contributed by atoms with Crippen LogP contribution in [0.1, 0.15) is 12.5 Å². The molecule has 1 fully saturated rings. The van der Waals surface area contributed by atoms with E-state index in [1.54, 1.807) is 12.1 Å². The Morgan fingerprint density at radius 2 is 1.85 bits per heavy atom. The second kappa shape index (κ2) is 8.92. The zero-order valence-electron chi connectivity index (χ0n) is 15.0. The average molecular weight is 374 g/mol. The molecule has 0 bridgehead atoms. The number of rotatable bonds is 5. The molecule has 0 atom stereocenters. The molecule has 1 aliphatic heterocycles. The Hall–Kier alpha value is -2.24. The first kappa shape index (κ1) is 18.5. The molecule has 0 unspecified atom stereocenters. The third-order valence-corrected chi connectivity index (χ3v) is 4.61. The third kappa shape index (κ3) is 5.13. The van der Waals surface area contributed by atoms with Crippen LogP contribution in [0.5, 0.6) is 5.75 Å². The fourth-order valence-corrected chi connectivity index (χ4v) is 3.18. The van der Waals surface area contributed by atoms with Gasteiger partial charge < -0.3 is 15.0 Å². The molecule has 0 spiro atoms. The minimum atomic E-state index is -0.0759. The largest absolute Gasteiger partial charge is 0.494 e. The Morgan fingerprint density at radius 3 is 2.50 bits per heavy atom. The molecular weight excluding hydrogens is 350 g/mol. The van der Waals surface area contributed by atoms with E-state index in [4.69, 9.17) is 16.3 Å². The van der Waals surface area contributed by atoms with Gasteiger partial charge in [0.15, 0.2) is 0 Å². The van der Waals surface area contributed by atoms with Crippen LogP contribution in [0, 0.1) is 0 Å². The van der Waals surface area contributed by atoms with Gasteiger partial charge in [-0.2, -0.15) is 0 Å². The molecule has 1 saturated heterocycles. The lowest BCUT2D eigenvalue weighted by molar-refractivity contribution is 0.143. The molecule has 1 aliphatic rings. The topological polar surface area (TPSA) is 44.8 Å². The Morgan fingerprint density at radius 1 is 1.12 bits per heavy atom. The van der Waals surface area contributed by atoms with Gasteiger partial charge in [-0.1, -0.05) is 29.8 Å². The highest BCUT2D eigenvalue weighted by Gasteiger charge is 2.21. The van der Waals surface area contributed by atoms with Crippen molar-refractivity contribution in [1.82, 2.24) is 9.80 Å².